The molecular formula is C20H26IN3OS2. The molecule has 3 heterocycles. The Morgan fingerprint density at radius 2 is 1.89 bits per heavy atom. The van der Waals surface area contributed by atoms with Crippen LogP contribution < -0.4 is 10.6 Å². The van der Waals surface area contributed by atoms with Crippen molar-refractivity contribution in [2.24, 2.45) is 4.99 Å². The van der Waals surface area contributed by atoms with Crippen molar-refractivity contribution in [1.82, 2.24) is 10.6 Å². The van der Waals surface area contributed by atoms with Gasteiger partial charge in [0, 0.05) is 34.7 Å². The van der Waals surface area contributed by atoms with Crippen LogP contribution >= 0.6 is 46.7 Å². The Bertz CT molecular complexity index is 781. The van der Waals surface area contributed by atoms with E-state index in [1.54, 1.807) is 28.9 Å². The number of thiophene rings is 2. The molecule has 27 heavy (non-hydrogen) atoms. The quantitative estimate of drug-likeness (QED) is 0.244. The molecule has 3 aromatic rings. The lowest BCUT2D eigenvalue weighted by atomic mass is 9.91. The lowest BCUT2D eigenvalue weighted by molar-refractivity contribution is 0.502. The number of nitrogens with one attached hydrogen (secondary N) is 2. The maximum absolute atomic E-state index is 5.40. The van der Waals surface area contributed by atoms with E-state index in [1.165, 1.54) is 9.75 Å². The van der Waals surface area contributed by atoms with E-state index in [0.717, 1.165) is 31.2 Å². The molecule has 0 amide bonds. The third-order valence-corrected chi connectivity index (χ3v) is 6.20. The lowest BCUT2D eigenvalue weighted by Crippen LogP contribution is -2.43. The van der Waals surface area contributed by atoms with Crippen molar-refractivity contribution in [2.75, 3.05) is 13.1 Å². The summed E-state index contributed by atoms with van der Waals surface area (Å²) in [6.45, 7) is 6.80. The first-order chi connectivity index (χ1) is 12.6. The van der Waals surface area contributed by atoms with Crippen molar-refractivity contribution in [1.29, 1.82) is 0 Å². The van der Waals surface area contributed by atoms with E-state index < -0.39 is 0 Å². The van der Waals surface area contributed by atoms with E-state index in [-0.39, 0.29) is 29.4 Å². The molecule has 3 rings (SSSR count). The molecular weight excluding hydrogens is 489 g/mol. The minimum Gasteiger partial charge on any atom is -0.469 e. The normalized spacial score (nSPS) is 11.9. The van der Waals surface area contributed by atoms with E-state index in [1.807, 2.05) is 12.1 Å². The molecule has 0 unspecified atom stereocenters. The molecule has 0 aliphatic rings. The standard InChI is InChI=1S/C20H25N3OS2.HI/c1-20(2,18-8-5-13-26-18)15-23-19(22-14-17-7-4-12-25-17)21-10-9-16-6-3-11-24-16;/h3-8,11-13H,9-10,14-15H2,1-2H3,(H2,21,22,23);1H. The maximum Gasteiger partial charge on any atom is 0.191 e. The Balaban J connectivity index is 0.00000261. The van der Waals surface area contributed by atoms with Gasteiger partial charge in [0.1, 0.15) is 5.76 Å². The number of guanidine groups is 1. The van der Waals surface area contributed by atoms with Gasteiger partial charge in [-0.1, -0.05) is 26.0 Å². The molecule has 0 saturated heterocycles. The first-order valence-electron chi connectivity index (χ1n) is 8.74. The van der Waals surface area contributed by atoms with E-state index in [0.29, 0.717) is 6.54 Å². The number of aliphatic imine (C=N–C) groups is 1. The number of hydrogen-bond acceptors (Lipinski definition) is 4. The average molecular weight is 515 g/mol. The Morgan fingerprint density at radius 3 is 2.56 bits per heavy atom. The molecule has 146 valence electrons. The van der Waals surface area contributed by atoms with E-state index in [2.05, 4.69) is 59.5 Å². The predicted molar refractivity (Wildman–Crippen MR) is 127 cm³/mol. The molecule has 2 N–H and O–H groups in total. The molecule has 0 fully saturated rings. The van der Waals surface area contributed by atoms with Gasteiger partial charge in [0.25, 0.3) is 0 Å². The van der Waals surface area contributed by atoms with Crippen LogP contribution in [0.1, 0.15) is 29.4 Å². The van der Waals surface area contributed by atoms with E-state index in [4.69, 9.17) is 9.41 Å². The van der Waals surface area contributed by atoms with Gasteiger partial charge < -0.3 is 15.1 Å². The smallest absolute Gasteiger partial charge is 0.191 e. The number of halogens is 1. The summed E-state index contributed by atoms with van der Waals surface area (Å²) in [6.07, 6.45) is 2.55. The SMILES string of the molecule is CC(C)(CNC(=NCc1cccs1)NCCc1ccco1)c1cccs1.I. The average Bonchev–Trinajstić information content (AvgIpc) is 3.40. The number of rotatable bonds is 8. The Kier molecular flexibility index (Phi) is 8.85. The molecule has 0 aromatic carbocycles. The number of hydrogen-bond donors (Lipinski definition) is 2. The highest BCUT2D eigenvalue weighted by atomic mass is 127. The first-order valence-corrected chi connectivity index (χ1v) is 10.5. The highest BCUT2D eigenvalue weighted by Crippen LogP contribution is 2.26. The van der Waals surface area contributed by atoms with Crippen LogP contribution in [-0.2, 0) is 18.4 Å². The summed E-state index contributed by atoms with van der Waals surface area (Å²) >= 11 is 3.53. The molecule has 7 heteroatoms. The third kappa shape index (κ3) is 6.97. The molecule has 0 aliphatic heterocycles. The zero-order chi connectivity index (χ0) is 18.2. The molecule has 0 bridgehead atoms. The first kappa shape index (κ1) is 22.0. The summed E-state index contributed by atoms with van der Waals surface area (Å²) in [5.41, 5.74) is 0.0561. The van der Waals surface area contributed by atoms with Gasteiger partial charge in [0.2, 0.25) is 0 Å². The largest absolute Gasteiger partial charge is 0.469 e. The molecule has 0 saturated carbocycles. The minimum absolute atomic E-state index is 0. The Hall–Kier alpha value is -1.32. The van der Waals surface area contributed by atoms with E-state index >= 15 is 0 Å². The topological polar surface area (TPSA) is 49.6 Å². The number of nitrogens with zero attached hydrogens (tertiary/aromatic N) is 1. The second-order valence-electron chi connectivity index (χ2n) is 6.72. The molecule has 4 nitrogen and oxygen atoms in total. The van der Waals surface area contributed by atoms with Crippen LogP contribution in [0.3, 0.4) is 0 Å². The minimum atomic E-state index is 0. The zero-order valence-electron chi connectivity index (χ0n) is 15.6. The summed E-state index contributed by atoms with van der Waals surface area (Å²) in [5.74, 6) is 1.82. The summed E-state index contributed by atoms with van der Waals surface area (Å²) in [4.78, 5) is 7.38. The summed E-state index contributed by atoms with van der Waals surface area (Å²) in [6, 6.07) is 12.4. The Morgan fingerprint density at radius 1 is 1.07 bits per heavy atom. The highest BCUT2D eigenvalue weighted by Gasteiger charge is 2.22. The van der Waals surface area contributed by atoms with Crippen LogP contribution in [0.25, 0.3) is 0 Å². The van der Waals surface area contributed by atoms with Crippen LogP contribution in [0.4, 0.5) is 0 Å². The zero-order valence-corrected chi connectivity index (χ0v) is 19.6. The number of furan rings is 1. The van der Waals surface area contributed by atoms with Gasteiger partial charge in [-0.25, -0.2) is 4.99 Å². The van der Waals surface area contributed by atoms with Crippen molar-refractivity contribution in [3.05, 3.63) is 68.9 Å². The summed E-state index contributed by atoms with van der Waals surface area (Å²) in [7, 11) is 0. The van der Waals surface area contributed by atoms with Crippen LogP contribution in [-0.4, -0.2) is 19.0 Å². The molecule has 0 atom stereocenters. The predicted octanol–water partition coefficient (Wildman–Crippen LogP) is 5.28. The maximum atomic E-state index is 5.40. The van der Waals surface area contributed by atoms with Crippen LogP contribution in [0.2, 0.25) is 0 Å². The van der Waals surface area contributed by atoms with Crippen molar-refractivity contribution < 1.29 is 4.42 Å². The van der Waals surface area contributed by atoms with Gasteiger partial charge in [-0.2, -0.15) is 0 Å². The highest BCUT2D eigenvalue weighted by molar-refractivity contribution is 14.0. The van der Waals surface area contributed by atoms with Gasteiger partial charge in [-0.3, -0.25) is 0 Å². The fourth-order valence-electron chi connectivity index (χ4n) is 2.55. The van der Waals surface area contributed by atoms with Crippen LogP contribution in [0, 0.1) is 0 Å². The Labute approximate surface area is 186 Å². The summed E-state index contributed by atoms with van der Waals surface area (Å²) < 4.78 is 5.40. The van der Waals surface area contributed by atoms with Gasteiger partial charge >= 0.3 is 0 Å². The van der Waals surface area contributed by atoms with Crippen molar-refractivity contribution in [3.8, 4) is 0 Å². The second-order valence-corrected chi connectivity index (χ2v) is 8.70. The van der Waals surface area contributed by atoms with Gasteiger partial charge in [-0.05, 0) is 35.0 Å². The fraction of sp³-hybridized carbons (Fsp3) is 0.350. The second kappa shape index (κ2) is 10.9. The van der Waals surface area contributed by atoms with Crippen molar-refractivity contribution >= 4 is 52.6 Å². The van der Waals surface area contributed by atoms with Crippen LogP contribution in [0.5, 0.6) is 0 Å². The monoisotopic (exact) mass is 515 g/mol. The molecule has 0 spiro atoms. The van der Waals surface area contributed by atoms with Crippen molar-refractivity contribution in [3.63, 3.8) is 0 Å². The molecule has 0 aliphatic carbocycles. The lowest BCUT2D eigenvalue weighted by Gasteiger charge is -2.25. The van der Waals surface area contributed by atoms with Gasteiger partial charge in [0.05, 0.1) is 12.8 Å². The van der Waals surface area contributed by atoms with Gasteiger partial charge in [0.15, 0.2) is 5.96 Å². The fourth-order valence-corrected chi connectivity index (χ4v) is 4.03. The van der Waals surface area contributed by atoms with Gasteiger partial charge in [-0.15, -0.1) is 46.7 Å². The molecule has 0 radical (unpaired) electrons. The van der Waals surface area contributed by atoms with Crippen LogP contribution in [0.15, 0.2) is 62.8 Å². The molecule has 3 aromatic heterocycles. The van der Waals surface area contributed by atoms with Crippen molar-refractivity contribution in [2.45, 2.75) is 32.2 Å². The summed E-state index contributed by atoms with van der Waals surface area (Å²) in [5, 5.41) is 11.2. The third-order valence-electron chi connectivity index (χ3n) is 4.10. The van der Waals surface area contributed by atoms with E-state index in [9.17, 15) is 0 Å².